The van der Waals surface area contributed by atoms with Crippen LogP contribution in [0.15, 0.2) is 30.3 Å². The molecular formula is C9H8O9P2Zn3. The molecule has 0 saturated carbocycles. The van der Waals surface area contributed by atoms with Gasteiger partial charge in [0.15, 0.2) is 0 Å². The van der Waals surface area contributed by atoms with E-state index in [9.17, 15) is 0 Å². The predicted molar refractivity (Wildman–Crippen MR) is 56.2 cm³/mol. The van der Waals surface area contributed by atoms with Crippen LogP contribution in [0, 0.1) is 0 Å². The smallest absolute Gasteiger partial charge is 0.822 e. The number of fused-ring (bicyclic) bond motifs is 1. The van der Waals surface area contributed by atoms with Gasteiger partial charge in [-0.1, -0.05) is 24.3 Å². The molecule has 0 fully saturated rings. The monoisotopic (exact) mass is 514 g/mol. The van der Waals surface area contributed by atoms with E-state index in [4.69, 9.17) is 43.2 Å². The molecule has 9 nitrogen and oxygen atoms in total. The Bertz CT molecular complexity index is 506. The molecule has 114 valence electrons. The van der Waals surface area contributed by atoms with Crippen LogP contribution < -0.4 is 34.1 Å². The van der Waals surface area contributed by atoms with Gasteiger partial charge in [0.1, 0.15) is 12.4 Å². The van der Waals surface area contributed by atoms with Gasteiger partial charge in [-0.15, -0.1) is 0 Å². The number of hydrogen-bond acceptors (Lipinski definition) is 9. The summed E-state index contributed by atoms with van der Waals surface area (Å²) in [6.45, 7) is 0.705. The second kappa shape index (κ2) is 15.1. The van der Waals surface area contributed by atoms with Crippen molar-refractivity contribution >= 4 is 21.7 Å². The van der Waals surface area contributed by atoms with Crippen molar-refractivity contribution in [3.63, 3.8) is 0 Å². The Labute approximate surface area is 170 Å². The standard InChI is InChI=1S/C9H8O.2H3O4P.3Zn/c1-2-6-9-8(4-1)5-3-7-10-9;2*1-5(2,3)4;;;/h1-6H,7H2;2*(H3,1,2,3,4);;;/q;;;3*+2/p-6. The minimum atomic E-state index is -5.39. The van der Waals surface area contributed by atoms with Crippen LogP contribution in [0.25, 0.3) is 6.08 Å². The largest absolute Gasteiger partial charge is 2.00 e. The zero-order chi connectivity index (χ0) is 15.8. The van der Waals surface area contributed by atoms with E-state index in [1.165, 1.54) is 5.56 Å². The van der Waals surface area contributed by atoms with Gasteiger partial charge in [0.05, 0.1) is 0 Å². The summed E-state index contributed by atoms with van der Waals surface area (Å²) in [4.78, 5) is 51.3. The fraction of sp³-hybridized carbons (Fsp3) is 0.111. The van der Waals surface area contributed by atoms with Crippen LogP contribution in [0.3, 0.4) is 0 Å². The van der Waals surface area contributed by atoms with Crippen molar-refractivity contribution in [1.29, 1.82) is 0 Å². The summed E-state index contributed by atoms with van der Waals surface area (Å²) in [5.41, 5.74) is 1.17. The Balaban J connectivity index is -0.000000123. The number of rotatable bonds is 0. The van der Waals surface area contributed by atoms with Crippen molar-refractivity contribution in [2.24, 2.45) is 0 Å². The molecule has 0 amide bonds. The van der Waals surface area contributed by atoms with Crippen molar-refractivity contribution in [3.8, 4) is 5.75 Å². The third-order valence-corrected chi connectivity index (χ3v) is 1.55. The van der Waals surface area contributed by atoms with Crippen LogP contribution in [0.2, 0.25) is 0 Å². The van der Waals surface area contributed by atoms with E-state index in [0.29, 0.717) is 6.61 Å². The molecule has 14 heteroatoms. The Morgan fingerprint density at radius 1 is 0.826 bits per heavy atom. The van der Waals surface area contributed by atoms with E-state index in [2.05, 4.69) is 6.08 Å². The van der Waals surface area contributed by atoms with Crippen molar-refractivity contribution in [2.75, 3.05) is 6.61 Å². The molecule has 0 aliphatic carbocycles. The maximum absolute atomic E-state index is 8.55. The number of benzene rings is 1. The molecule has 23 heavy (non-hydrogen) atoms. The second-order valence-corrected chi connectivity index (χ2v) is 4.93. The molecule has 0 bridgehead atoms. The van der Waals surface area contributed by atoms with E-state index < -0.39 is 15.6 Å². The Kier molecular flexibility index (Phi) is 20.8. The molecule has 1 aliphatic heterocycles. The molecule has 0 aromatic heterocycles. The summed E-state index contributed by atoms with van der Waals surface area (Å²) >= 11 is 0. The summed E-state index contributed by atoms with van der Waals surface area (Å²) < 4.78 is 22.4. The van der Waals surface area contributed by atoms with Gasteiger partial charge in [-0.25, -0.2) is 0 Å². The van der Waals surface area contributed by atoms with E-state index in [1.54, 1.807) is 0 Å². The number of para-hydroxylation sites is 1. The third-order valence-electron chi connectivity index (χ3n) is 1.55. The molecule has 0 unspecified atom stereocenters. The number of hydrogen-bond donors (Lipinski definition) is 0. The van der Waals surface area contributed by atoms with Crippen molar-refractivity contribution in [1.82, 2.24) is 0 Å². The van der Waals surface area contributed by atoms with Crippen molar-refractivity contribution < 1.29 is 102 Å². The molecule has 0 N–H and O–H groups in total. The molecule has 2 rings (SSSR count). The van der Waals surface area contributed by atoms with Crippen LogP contribution in [0.1, 0.15) is 5.56 Å². The first-order chi connectivity index (χ1) is 8.97. The van der Waals surface area contributed by atoms with Gasteiger partial charge in [0.2, 0.25) is 0 Å². The van der Waals surface area contributed by atoms with Crippen LogP contribution in [0.5, 0.6) is 5.75 Å². The Morgan fingerprint density at radius 3 is 1.61 bits per heavy atom. The minimum Gasteiger partial charge on any atom is -0.822 e. The van der Waals surface area contributed by atoms with Crippen LogP contribution in [-0.4, -0.2) is 6.61 Å². The topological polar surface area (TPSA) is 182 Å². The first-order valence-electron chi connectivity index (χ1n) is 4.81. The Hall–Kier alpha value is 0.850. The zero-order valence-electron chi connectivity index (χ0n) is 11.9. The summed E-state index contributed by atoms with van der Waals surface area (Å²) in [5.74, 6) is 0.991. The van der Waals surface area contributed by atoms with E-state index in [0.717, 1.165) is 5.75 Å². The van der Waals surface area contributed by atoms with Crippen molar-refractivity contribution in [3.05, 3.63) is 35.9 Å². The number of phosphoric acid groups is 2. The van der Waals surface area contributed by atoms with Gasteiger partial charge in [0.25, 0.3) is 0 Å². The van der Waals surface area contributed by atoms with Gasteiger partial charge in [0, 0.05) is 5.56 Å². The average Bonchev–Trinajstić information content (AvgIpc) is 2.25. The molecule has 0 atom stereocenters. The zero-order valence-corrected chi connectivity index (χ0v) is 22.6. The molecule has 1 heterocycles. The molecule has 0 spiro atoms. The maximum Gasteiger partial charge on any atom is 2.00 e. The Morgan fingerprint density at radius 2 is 1.22 bits per heavy atom. The molecular weight excluding hydrogens is 510 g/mol. The van der Waals surface area contributed by atoms with Gasteiger partial charge < -0.3 is 43.2 Å². The van der Waals surface area contributed by atoms with Crippen LogP contribution in [0.4, 0.5) is 0 Å². The van der Waals surface area contributed by atoms with Gasteiger partial charge >= 0.3 is 58.4 Å². The maximum atomic E-state index is 8.55. The average molecular weight is 518 g/mol. The quantitative estimate of drug-likeness (QED) is 0.248. The SMILES string of the molecule is C1=Cc2ccccc2OC1.O=P([O-])([O-])[O-].O=P([O-])([O-])[O-].[Zn+2].[Zn+2].[Zn+2]. The first kappa shape index (κ1) is 31.6. The summed E-state index contributed by atoms with van der Waals surface area (Å²) in [7, 11) is -10.8. The first-order valence-corrected chi connectivity index (χ1v) is 7.73. The fourth-order valence-corrected chi connectivity index (χ4v) is 1.06. The number of ether oxygens (including phenoxy) is 1. The summed E-state index contributed by atoms with van der Waals surface area (Å²) in [6.07, 6.45) is 4.10. The third kappa shape index (κ3) is 28.0. The van der Waals surface area contributed by atoms with Crippen LogP contribution >= 0.6 is 15.6 Å². The van der Waals surface area contributed by atoms with E-state index in [-0.39, 0.29) is 58.4 Å². The predicted octanol–water partition coefficient (Wildman–Crippen LogP) is -3.56. The summed E-state index contributed by atoms with van der Waals surface area (Å²) in [5, 5.41) is 0. The molecule has 0 saturated heterocycles. The van der Waals surface area contributed by atoms with Crippen LogP contribution in [-0.2, 0) is 67.6 Å². The fourth-order valence-electron chi connectivity index (χ4n) is 1.06. The molecule has 0 radical (unpaired) electrons. The van der Waals surface area contributed by atoms with Gasteiger partial charge in [-0.3, -0.25) is 0 Å². The molecule has 1 aromatic carbocycles. The van der Waals surface area contributed by atoms with Gasteiger partial charge in [-0.05, 0) is 12.1 Å². The minimum absolute atomic E-state index is 0. The molecule has 1 aromatic rings. The van der Waals surface area contributed by atoms with E-state index >= 15 is 0 Å². The van der Waals surface area contributed by atoms with Gasteiger partial charge in [-0.2, -0.15) is 15.6 Å². The molecule has 1 aliphatic rings. The normalized spacial score (nSPS) is 11.2. The second-order valence-electron chi connectivity index (χ2n) is 3.15. The summed E-state index contributed by atoms with van der Waals surface area (Å²) in [6, 6.07) is 8.03. The van der Waals surface area contributed by atoms with Crippen molar-refractivity contribution in [2.45, 2.75) is 0 Å². The van der Waals surface area contributed by atoms with E-state index in [1.807, 2.05) is 30.3 Å².